The molecule has 7 heteroatoms. The fourth-order valence-corrected chi connectivity index (χ4v) is 4.81. The van der Waals surface area contributed by atoms with Crippen LogP contribution < -0.4 is 14.5 Å². The molecule has 0 aromatic heterocycles. The summed E-state index contributed by atoms with van der Waals surface area (Å²) >= 11 is 3.47. The van der Waals surface area contributed by atoms with Gasteiger partial charge in [-0.3, -0.25) is 14.5 Å². The number of anilines is 2. The number of Topliss-reactive ketones (excluding diaryl/α,β-unsaturated/α-hetero) is 1. The van der Waals surface area contributed by atoms with Crippen molar-refractivity contribution in [3.63, 3.8) is 0 Å². The lowest BCUT2D eigenvalue weighted by Gasteiger charge is -2.27. The first-order valence-electron chi connectivity index (χ1n) is 11.9. The van der Waals surface area contributed by atoms with Gasteiger partial charge >= 0.3 is 0 Å². The van der Waals surface area contributed by atoms with Crippen LogP contribution in [-0.2, 0) is 9.59 Å². The summed E-state index contributed by atoms with van der Waals surface area (Å²) in [4.78, 5) is 30.4. The topological polar surface area (TPSA) is 70.1 Å². The lowest BCUT2D eigenvalue weighted by molar-refractivity contribution is -0.132. The molecule has 1 saturated heterocycles. The Morgan fingerprint density at radius 1 is 1.00 bits per heavy atom. The number of nitrogens with zero attached hydrogens (tertiary/aromatic N) is 2. The Balaban J connectivity index is 1.89. The Labute approximate surface area is 219 Å². The molecular weight excluding hydrogens is 520 g/mol. The van der Waals surface area contributed by atoms with Crippen molar-refractivity contribution in [2.24, 2.45) is 0 Å². The molecular formula is C29H29BrN2O4. The minimum absolute atomic E-state index is 0.0631. The molecule has 0 bridgehead atoms. The van der Waals surface area contributed by atoms with E-state index in [2.05, 4.69) is 34.7 Å². The average Bonchev–Trinajstić information content (AvgIpc) is 3.16. The number of rotatable bonds is 7. The van der Waals surface area contributed by atoms with Gasteiger partial charge in [-0.1, -0.05) is 34.1 Å². The number of hydrogen-bond donors (Lipinski definition) is 1. The number of hydrogen-bond acceptors (Lipinski definition) is 5. The molecule has 4 rings (SSSR count). The lowest BCUT2D eigenvalue weighted by atomic mass is 9.94. The summed E-state index contributed by atoms with van der Waals surface area (Å²) < 4.78 is 6.15. The van der Waals surface area contributed by atoms with Gasteiger partial charge in [0.15, 0.2) is 0 Å². The molecule has 0 spiro atoms. The fraction of sp³-hybridized carbons (Fsp3) is 0.241. The van der Waals surface area contributed by atoms with Gasteiger partial charge in [-0.05, 0) is 80.4 Å². The Bertz CT molecular complexity index is 1310. The SMILES string of the molecule is CCN(CC)c1ccc(C2/C(=C(/O)c3ccc(Br)c(C)c3)C(=O)C(=O)N2c2ccc(OC)cc2)cc1. The maximum Gasteiger partial charge on any atom is 0.300 e. The van der Waals surface area contributed by atoms with E-state index in [0.717, 1.165) is 34.4 Å². The first kappa shape index (κ1) is 25.5. The third-order valence-corrected chi connectivity index (χ3v) is 7.45. The number of aliphatic hydroxyl groups is 1. The van der Waals surface area contributed by atoms with E-state index in [9.17, 15) is 14.7 Å². The molecule has 1 N–H and O–H groups in total. The minimum Gasteiger partial charge on any atom is -0.507 e. The zero-order valence-corrected chi connectivity index (χ0v) is 22.4. The highest BCUT2D eigenvalue weighted by Crippen LogP contribution is 2.43. The van der Waals surface area contributed by atoms with Crippen LogP contribution in [0.15, 0.2) is 76.8 Å². The maximum atomic E-state index is 13.4. The van der Waals surface area contributed by atoms with Gasteiger partial charge in [0.1, 0.15) is 11.5 Å². The van der Waals surface area contributed by atoms with Crippen molar-refractivity contribution >= 4 is 44.8 Å². The molecule has 1 amide bonds. The van der Waals surface area contributed by atoms with Crippen LogP contribution in [-0.4, -0.2) is 37.0 Å². The third-order valence-electron chi connectivity index (χ3n) is 6.56. The van der Waals surface area contributed by atoms with Gasteiger partial charge in [0, 0.05) is 34.5 Å². The van der Waals surface area contributed by atoms with Gasteiger partial charge in [-0.15, -0.1) is 0 Å². The summed E-state index contributed by atoms with van der Waals surface area (Å²) in [5, 5.41) is 11.4. The quantitative estimate of drug-likeness (QED) is 0.215. The van der Waals surface area contributed by atoms with Gasteiger partial charge in [-0.25, -0.2) is 0 Å². The van der Waals surface area contributed by atoms with Crippen molar-refractivity contribution in [3.05, 3.63) is 93.5 Å². The zero-order valence-electron chi connectivity index (χ0n) is 20.8. The minimum atomic E-state index is -0.784. The fourth-order valence-electron chi connectivity index (χ4n) is 4.56. The van der Waals surface area contributed by atoms with Crippen molar-refractivity contribution in [1.29, 1.82) is 0 Å². The van der Waals surface area contributed by atoms with E-state index in [4.69, 9.17) is 4.74 Å². The number of ether oxygens (including phenoxy) is 1. The third kappa shape index (κ3) is 4.63. The van der Waals surface area contributed by atoms with Crippen LogP contribution in [0.5, 0.6) is 5.75 Å². The number of aryl methyl sites for hydroxylation is 1. The smallest absolute Gasteiger partial charge is 0.300 e. The predicted molar refractivity (Wildman–Crippen MR) is 147 cm³/mol. The zero-order chi connectivity index (χ0) is 26.0. The molecule has 1 atom stereocenters. The Morgan fingerprint density at radius 2 is 1.64 bits per heavy atom. The molecule has 1 unspecified atom stereocenters. The van der Waals surface area contributed by atoms with Crippen LogP contribution in [0.25, 0.3) is 5.76 Å². The summed E-state index contributed by atoms with van der Waals surface area (Å²) in [5.41, 5.74) is 3.77. The number of benzene rings is 3. The van der Waals surface area contributed by atoms with E-state index in [1.807, 2.05) is 37.3 Å². The van der Waals surface area contributed by atoms with Crippen LogP contribution >= 0.6 is 15.9 Å². The van der Waals surface area contributed by atoms with Gasteiger partial charge in [-0.2, -0.15) is 0 Å². The summed E-state index contributed by atoms with van der Waals surface area (Å²) in [7, 11) is 1.57. The van der Waals surface area contributed by atoms with E-state index in [-0.39, 0.29) is 11.3 Å². The highest BCUT2D eigenvalue weighted by molar-refractivity contribution is 9.10. The van der Waals surface area contributed by atoms with Gasteiger partial charge in [0.25, 0.3) is 11.7 Å². The van der Waals surface area contributed by atoms with E-state index in [0.29, 0.717) is 17.0 Å². The first-order chi connectivity index (χ1) is 17.3. The first-order valence-corrected chi connectivity index (χ1v) is 12.7. The van der Waals surface area contributed by atoms with Gasteiger partial charge in [0.05, 0.1) is 18.7 Å². The summed E-state index contributed by atoms with van der Waals surface area (Å²) in [5.74, 6) is -0.964. The molecule has 0 saturated carbocycles. The summed E-state index contributed by atoms with van der Waals surface area (Å²) in [6.07, 6.45) is 0. The van der Waals surface area contributed by atoms with Gasteiger partial charge in [0.2, 0.25) is 0 Å². The summed E-state index contributed by atoms with van der Waals surface area (Å²) in [6.45, 7) is 7.82. The van der Waals surface area contributed by atoms with Crippen LogP contribution in [0.3, 0.4) is 0 Å². The van der Waals surface area contributed by atoms with Gasteiger partial charge < -0.3 is 14.7 Å². The van der Waals surface area contributed by atoms with Crippen LogP contribution in [0, 0.1) is 6.92 Å². The second-order valence-corrected chi connectivity index (χ2v) is 9.45. The van der Waals surface area contributed by atoms with E-state index in [1.165, 1.54) is 4.90 Å². The maximum absolute atomic E-state index is 13.4. The lowest BCUT2D eigenvalue weighted by Crippen LogP contribution is -2.29. The molecule has 0 aliphatic carbocycles. The standard InChI is InChI=1S/C29H29BrN2O4/c1-5-31(6-2)21-10-7-19(8-11-21)26-25(27(33)20-9-16-24(30)18(3)17-20)28(34)29(35)32(26)22-12-14-23(36-4)15-13-22/h7-17,26,33H,5-6H2,1-4H3/b27-25-. The molecule has 3 aromatic carbocycles. The number of carbonyl (C=O) groups is 2. The normalized spacial score (nSPS) is 16.9. The van der Waals surface area contributed by atoms with Crippen molar-refractivity contribution < 1.29 is 19.4 Å². The van der Waals surface area contributed by atoms with E-state index < -0.39 is 17.7 Å². The second-order valence-electron chi connectivity index (χ2n) is 8.59. The Hall–Kier alpha value is -3.58. The monoisotopic (exact) mass is 548 g/mol. The molecule has 186 valence electrons. The number of carbonyl (C=O) groups excluding carboxylic acids is 2. The number of halogens is 1. The number of aliphatic hydroxyl groups excluding tert-OH is 1. The van der Waals surface area contributed by atoms with E-state index >= 15 is 0 Å². The van der Waals surface area contributed by atoms with Crippen molar-refractivity contribution in [2.75, 3.05) is 30.0 Å². The molecule has 6 nitrogen and oxygen atoms in total. The highest BCUT2D eigenvalue weighted by Gasteiger charge is 2.47. The Morgan fingerprint density at radius 3 is 2.19 bits per heavy atom. The van der Waals surface area contributed by atoms with Crippen molar-refractivity contribution in [2.45, 2.75) is 26.8 Å². The average molecular weight is 549 g/mol. The summed E-state index contributed by atoms with van der Waals surface area (Å²) in [6, 6.07) is 19.3. The molecule has 36 heavy (non-hydrogen) atoms. The molecule has 1 aliphatic heterocycles. The Kier molecular flexibility index (Phi) is 7.50. The number of ketones is 1. The second kappa shape index (κ2) is 10.6. The largest absolute Gasteiger partial charge is 0.507 e. The molecule has 3 aromatic rings. The van der Waals surface area contributed by atoms with Crippen LogP contribution in [0.1, 0.15) is 36.6 Å². The predicted octanol–water partition coefficient (Wildman–Crippen LogP) is 6.24. The van der Waals surface area contributed by atoms with E-state index in [1.54, 1.807) is 43.5 Å². The molecule has 1 heterocycles. The number of methoxy groups -OCH3 is 1. The van der Waals surface area contributed by atoms with Crippen LogP contribution in [0.2, 0.25) is 0 Å². The molecule has 1 aliphatic rings. The molecule has 1 fully saturated rings. The highest BCUT2D eigenvalue weighted by atomic mass is 79.9. The number of amides is 1. The van der Waals surface area contributed by atoms with Crippen molar-refractivity contribution in [3.8, 4) is 5.75 Å². The van der Waals surface area contributed by atoms with Crippen molar-refractivity contribution in [1.82, 2.24) is 0 Å². The van der Waals surface area contributed by atoms with Crippen LogP contribution in [0.4, 0.5) is 11.4 Å². The molecule has 0 radical (unpaired) electrons.